The number of amides is 1. The van der Waals surface area contributed by atoms with Crippen molar-refractivity contribution in [3.63, 3.8) is 0 Å². The van der Waals surface area contributed by atoms with Crippen molar-refractivity contribution in [1.29, 1.82) is 0 Å². The predicted octanol–water partition coefficient (Wildman–Crippen LogP) is 3.66. The number of ether oxygens (including phenoxy) is 1. The normalized spacial score (nSPS) is 15.5. The van der Waals surface area contributed by atoms with Crippen LogP contribution in [0.4, 0.5) is 4.79 Å². The van der Waals surface area contributed by atoms with Crippen LogP contribution >= 0.6 is 0 Å². The van der Waals surface area contributed by atoms with Gasteiger partial charge in [0, 0.05) is 13.1 Å². The van der Waals surface area contributed by atoms with E-state index < -0.39 is 33.0 Å². The Morgan fingerprint density at radius 1 is 1.19 bits per heavy atom. The first-order chi connectivity index (χ1) is 12.4. The van der Waals surface area contributed by atoms with E-state index in [2.05, 4.69) is 10.0 Å². The number of hydrogen-bond acceptors (Lipinski definition) is 5. The van der Waals surface area contributed by atoms with Gasteiger partial charge in [0.2, 0.25) is 0 Å². The molecule has 0 aliphatic heterocycles. The molecule has 1 unspecified atom stereocenters. The highest BCUT2D eigenvalue weighted by molar-refractivity contribution is 7.87. The monoisotopic (exact) mass is 403 g/mol. The van der Waals surface area contributed by atoms with Gasteiger partial charge >= 0.3 is 6.09 Å². The van der Waals surface area contributed by atoms with Crippen LogP contribution in [0.2, 0.25) is 0 Å². The number of nitro groups is 1. The molecular weight excluding hydrogens is 370 g/mol. The van der Waals surface area contributed by atoms with Crippen LogP contribution in [0.15, 0.2) is 22.8 Å². The number of carbonyl (C=O) groups excluding carboxylic acids is 1. The molecule has 0 aromatic carbocycles. The Kier molecular flexibility index (Phi) is 10.5. The molecule has 0 radical (unpaired) electrons. The zero-order valence-electron chi connectivity index (χ0n) is 17.4. The third-order valence-corrected chi connectivity index (χ3v) is 4.46. The first-order valence-electron chi connectivity index (χ1n) is 9.08. The maximum absolute atomic E-state index is 12.4. The Hall–Kier alpha value is -1.74. The summed E-state index contributed by atoms with van der Waals surface area (Å²) >= 11 is 0. The minimum absolute atomic E-state index is 0.109. The molecule has 1 aliphatic carbocycles. The summed E-state index contributed by atoms with van der Waals surface area (Å²) in [6, 6.07) is 0. The summed E-state index contributed by atoms with van der Waals surface area (Å²) in [5, 5.41) is 13.7. The van der Waals surface area contributed by atoms with Gasteiger partial charge in [0.15, 0.2) is 0 Å². The molecule has 0 spiro atoms. The SMILES string of the molecule is CC.CC(C)(CNC(=O)OC(C)(C)C)CNS(=O)C1=CCCC=C1[N+](=O)[O-]. The number of hydrogen-bond donors (Lipinski definition) is 2. The number of nitrogens with zero attached hydrogens (tertiary/aromatic N) is 1. The van der Waals surface area contributed by atoms with Gasteiger partial charge in [0.05, 0.1) is 4.92 Å². The fourth-order valence-corrected chi connectivity index (χ4v) is 3.30. The summed E-state index contributed by atoms with van der Waals surface area (Å²) in [6.07, 6.45) is 3.80. The molecular formula is C18H33N3O5S. The summed E-state index contributed by atoms with van der Waals surface area (Å²) in [5.74, 6) is 0. The molecule has 0 bridgehead atoms. The zero-order valence-corrected chi connectivity index (χ0v) is 18.2. The Labute approximate surface area is 164 Å². The highest BCUT2D eigenvalue weighted by Crippen LogP contribution is 2.22. The topological polar surface area (TPSA) is 111 Å². The van der Waals surface area contributed by atoms with Crippen molar-refractivity contribution in [2.45, 2.75) is 66.9 Å². The minimum atomic E-state index is -1.68. The third-order valence-electron chi connectivity index (χ3n) is 3.27. The van der Waals surface area contributed by atoms with Gasteiger partial charge in [-0.2, -0.15) is 0 Å². The van der Waals surface area contributed by atoms with Crippen LogP contribution in [0, 0.1) is 15.5 Å². The van der Waals surface area contributed by atoms with Crippen molar-refractivity contribution < 1.29 is 18.7 Å². The Bertz CT molecular complexity index is 607. The predicted molar refractivity (Wildman–Crippen MR) is 108 cm³/mol. The smallest absolute Gasteiger partial charge is 0.407 e. The molecule has 1 atom stereocenters. The number of allylic oxidation sites excluding steroid dienone is 2. The lowest BCUT2D eigenvalue weighted by atomic mass is 9.94. The van der Waals surface area contributed by atoms with Gasteiger partial charge < -0.3 is 10.1 Å². The molecule has 1 amide bonds. The second-order valence-electron chi connectivity index (χ2n) is 7.60. The van der Waals surface area contributed by atoms with Gasteiger partial charge in [0.25, 0.3) is 5.70 Å². The van der Waals surface area contributed by atoms with Crippen LogP contribution in [0.1, 0.15) is 61.3 Å². The quantitative estimate of drug-likeness (QED) is 0.498. The number of nitrogens with one attached hydrogen (secondary N) is 2. The van der Waals surface area contributed by atoms with Crippen LogP contribution in [0.5, 0.6) is 0 Å². The van der Waals surface area contributed by atoms with Gasteiger partial charge in [-0.3, -0.25) is 10.1 Å². The second kappa shape index (κ2) is 11.2. The van der Waals surface area contributed by atoms with Crippen LogP contribution in [-0.4, -0.2) is 33.9 Å². The van der Waals surface area contributed by atoms with E-state index in [-0.39, 0.29) is 10.6 Å². The van der Waals surface area contributed by atoms with Gasteiger partial charge in [-0.1, -0.05) is 33.8 Å². The number of carbonyl (C=O) groups is 1. The van der Waals surface area contributed by atoms with Crippen molar-refractivity contribution in [3.8, 4) is 0 Å². The Morgan fingerprint density at radius 3 is 2.26 bits per heavy atom. The van der Waals surface area contributed by atoms with Crippen LogP contribution < -0.4 is 10.0 Å². The molecule has 0 aromatic rings. The van der Waals surface area contributed by atoms with E-state index in [1.165, 1.54) is 6.08 Å². The molecule has 0 saturated heterocycles. The molecule has 0 aromatic heterocycles. The van der Waals surface area contributed by atoms with E-state index in [0.29, 0.717) is 25.9 Å². The lowest BCUT2D eigenvalue weighted by molar-refractivity contribution is -0.420. The lowest BCUT2D eigenvalue weighted by Gasteiger charge is -2.26. The van der Waals surface area contributed by atoms with Crippen molar-refractivity contribution >= 4 is 17.1 Å². The Morgan fingerprint density at radius 2 is 1.74 bits per heavy atom. The first-order valence-corrected chi connectivity index (χ1v) is 10.2. The van der Waals surface area contributed by atoms with E-state index in [4.69, 9.17) is 4.74 Å². The molecule has 2 N–H and O–H groups in total. The molecule has 0 fully saturated rings. The van der Waals surface area contributed by atoms with Gasteiger partial charge in [0.1, 0.15) is 21.5 Å². The molecule has 156 valence electrons. The largest absolute Gasteiger partial charge is 0.444 e. The van der Waals surface area contributed by atoms with E-state index in [1.54, 1.807) is 26.8 Å². The van der Waals surface area contributed by atoms with Gasteiger partial charge in [-0.15, -0.1) is 0 Å². The average Bonchev–Trinajstić information content (AvgIpc) is 2.58. The standard InChI is InChI=1S/C16H27N3O5S.C2H6/c1-15(2,3)24-14(20)17-10-16(4,5)11-18-25(23)13-9-7-6-8-12(13)19(21)22;1-2/h8-9,18H,6-7,10-11H2,1-5H3,(H,17,20);1-2H3. The van der Waals surface area contributed by atoms with Crippen LogP contribution in [-0.2, 0) is 15.7 Å². The van der Waals surface area contributed by atoms with Crippen LogP contribution in [0.3, 0.4) is 0 Å². The molecule has 9 heteroatoms. The fourth-order valence-electron chi connectivity index (χ4n) is 2.00. The lowest BCUT2D eigenvalue weighted by Crippen LogP contribution is -2.42. The summed E-state index contributed by atoms with van der Waals surface area (Å²) in [7, 11) is -1.68. The van der Waals surface area contributed by atoms with Crippen molar-refractivity contribution in [3.05, 3.63) is 32.9 Å². The maximum atomic E-state index is 12.4. The zero-order chi connectivity index (χ0) is 21.3. The maximum Gasteiger partial charge on any atom is 0.407 e. The minimum Gasteiger partial charge on any atom is -0.444 e. The molecule has 0 saturated carbocycles. The highest BCUT2D eigenvalue weighted by Gasteiger charge is 2.27. The Balaban J connectivity index is 0.00000326. The van der Waals surface area contributed by atoms with E-state index in [1.807, 2.05) is 27.7 Å². The molecule has 27 heavy (non-hydrogen) atoms. The fraction of sp³-hybridized carbons (Fsp3) is 0.722. The molecule has 0 heterocycles. The summed E-state index contributed by atoms with van der Waals surface area (Å²) in [6.45, 7) is 13.7. The van der Waals surface area contributed by atoms with E-state index in [9.17, 15) is 19.1 Å². The van der Waals surface area contributed by atoms with Crippen molar-refractivity contribution in [1.82, 2.24) is 10.0 Å². The summed E-state index contributed by atoms with van der Waals surface area (Å²) in [5.41, 5.74) is -1.10. The van der Waals surface area contributed by atoms with Crippen molar-refractivity contribution in [2.75, 3.05) is 13.1 Å². The van der Waals surface area contributed by atoms with E-state index in [0.717, 1.165) is 0 Å². The summed E-state index contributed by atoms with van der Waals surface area (Å²) in [4.78, 5) is 22.4. The molecule has 1 rings (SSSR count). The second-order valence-corrected chi connectivity index (χ2v) is 8.87. The summed E-state index contributed by atoms with van der Waals surface area (Å²) < 4.78 is 20.3. The number of rotatable bonds is 7. The van der Waals surface area contributed by atoms with Gasteiger partial charge in [-0.25, -0.2) is 13.7 Å². The molecule has 1 aliphatic rings. The first kappa shape index (κ1) is 25.3. The third kappa shape index (κ3) is 10.2. The van der Waals surface area contributed by atoms with Gasteiger partial charge in [-0.05, 0) is 45.1 Å². The van der Waals surface area contributed by atoms with E-state index >= 15 is 0 Å². The van der Waals surface area contributed by atoms with Crippen molar-refractivity contribution in [2.24, 2.45) is 5.41 Å². The molecule has 8 nitrogen and oxygen atoms in total. The van der Waals surface area contributed by atoms with Crippen LogP contribution in [0.25, 0.3) is 0 Å². The average molecular weight is 404 g/mol. The highest BCUT2D eigenvalue weighted by atomic mass is 32.2. The number of alkyl carbamates (subject to hydrolysis) is 1.